The van der Waals surface area contributed by atoms with Crippen LogP contribution in [0.2, 0.25) is 0 Å². The van der Waals surface area contributed by atoms with Crippen molar-refractivity contribution in [1.82, 2.24) is 15.0 Å². The molecule has 0 spiro atoms. The average molecular weight is 603 g/mol. The molecule has 1 unspecified atom stereocenters. The van der Waals surface area contributed by atoms with Gasteiger partial charge in [0, 0.05) is 32.7 Å². The second kappa shape index (κ2) is 10.1. The van der Waals surface area contributed by atoms with Crippen LogP contribution in [0.1, 0.15) is 17.2 Å². The highest BCUT2D eigenvalue weighted by Crippen LogP contribution is 2.37. The van der Waals surface area contributed by atoms with Crippen molar-refractivity contribution in [1.29, 1.82) is 0 Å². The van der Waals surface area contributed by atoms with Gasteiger partial charge in [-0.15, -0.1) is 0 Å². The van der Waals surface area contributed by atoms with E-state index in [2.05, 4.69) is 127 Å². The largest absolute Gasteiger partial charge is 0.454 e. The van der Waals surface area contributed by atoms with Gasteiger partial charge in [0.15, 0.2) is 5.58 Å². The second-order valence-corrected chi connectivity index (χ2v) is 12.1. The van der Waals surface area contributed by atoms with Crippen LogP contribution in [0.5, 0.6) is 0 Å². The zero-order valence-corrected chi connectivity index (χ0v) is 25.2. The van der Waals surface area contributed by atoms with Crippen molar-refractivity contribution < 1.29 is 4.42 Å². The minimum atomic E-state index is 0.0224. The molecule has 5 heteroatoms. The van der Waals surface area contributed by atoms with Gasteiger partial charge in [-0.2, -0.15) is 0 Å². The predicted molar refractivity (Wildman–Crippen MR) is 192 cm³/mol. The van der Waals surface area contributed by atoms with Crippen LogP contribution < -0.4 is 5.32 Å². The first-order valence-corrected chi connectivity index (χ1v) is 15.8. The Kier molecular flexibility index (Phi) is 5.57. The smallest absolute Gasteiger partial charge is 0.154 e. The fraction of sp³-hybridized carbons (Fsp3) is 0.0238. The van der Waals surface area contributed by atoms with Crippen LogP contribution in [-0.2, 0) is 0 Å². The molecule has 220 valence electrons. The molecule has 5 heterocycles. The molecule has 1 aliphatic heterocycles. The molecule has 10 rings (SSSR count). The summed E-state index contributed by atoms with van der Waals surface area (Å²) in [4.78, 5) is 15.3. The van der Waals surface area contributed by atoms with Crippen LogP contribution in [0.25, 0.3) is 83.4 Å². The van der Waals surface area contributed by atoms with Crippen LogP contribution in [0.4, 0.5) is 5.69 Å². The monoisotopic (exact) mass is 602 g/mol. The number of hydrogen-bond donors (Lipinski definition) is 1. The molecule has 0 aliphatic carbocycles. The van der Waals surface area contributed by atoms with E-state index in [4.69, 9.17) is 19.4 Å². The van der Waals surface area contributed by atoms with Crippen LogP contribution >= 0.6 is 0 Å². The van der Waals surface area contributed by atoms with Crippen molar-refractivity contribution in [3.05, 3.63) is 151 Å². The Morgan fingerprint density at radius 3 is 2.02 bits per heavy atom. The van der Waals surface area contributed by atoms with Gasteiger partial charge in [0.2, 0.25) is 0 Å². The second-order valence-electron chi connectivity index (χ2n) is 12.1. The van der Waals surface area contributed by atoms with Crippen molar-refractivity contribution >= 4 is 66.5 Å². The highest BCUT2D eigenvalue weighted by Gasteiger charge is 2.19. The molecule has 0 amide bonds. The minimum Gasteiger partial charge on any atom is -0.454 e. The van der Waals surface area contributed by atoms with Gasteiger partial charge in [0.25, 0.3) is 0 Å². The lowest BCUT2D eigenvalue weighted by atomic mass is 9.96. The van der Waals surface area contributed by atoms with Crippen LogP contribution in [-0.4, -0.2) is 15.0 Å². The molecule has 0 bridgehead atoms. The number of anilines is 1. The Labute approximate surface area is 269 Å². The third-order valence-electron chi connectivity index (χ3n) is 9.27. The lowest BCUT2D eigenvalue weighted by Crippen LogP contribution is -2.13. The van der Waals surface area contributed by atoms with Gasteiger partial charge >= 0.3 is 0 Å². The van der Waals surface area contributed by atoms with Gasteiger partial charge in [0.1, 0.15) is 11.1 Å². The number of hydrogen-bond acceptors (Lipinski definition) is 5. The number of nitrogens with one attached hydrogen (secondary N) is 1. The molecule has 1 N–H and O–H groups in total. The summed E-state index contributed by atoms with van der Waals surface area (Å²) in [7, 11) is 0. The Morgan fingerprint density at radius 2 is 1.17 bits per heavy atom. The molecule has 0 fully saturated rings. The van der Waals surface area contributed by atoms with E-state index in [1.807, 2.05) is 24.3 Å². The molecule has 5 aromatic carbocycles. The van der Waals surface area contributed by atoms with E-state index in [9.17, 15) is 0 Å². The van der Waals surface area contributed by atoms with E-state index in [0.717, 1.165) is 88.5 Å². The quantitative estimate of drug-likeness (QED) is 0.204. The Bertz CT molecular complexity index is 2710. The molecule has 4 aromatic heterocycles. The maximum atomic E-state index is 6.09. The first-order valence-electron chi connectivity index (χ1n) is 15.8. The van der Waals surface area contributed by atoms with Crippen molar-refractivity contribution in [3.8, 4) is 22.5 Å². The van der Waals surface area contributed by atoms with Crippen LogP contribution in [0.15, 0.2) is 144 Å². The number of benzene rings is 5. The molecule has 1 aliphatic rings. The summed E-state index contributed by atoms with van der Waals surface area (Å²) in [6.07, 6.45) is 4.42. The predicted octanol–water partition coefficient (Wildman–Crippen LogP) is 10.7. The molecule has 0 saturated heterocycles. The molecular weight excluding hydrogens is 576 g/mol. The number of furan rings is 1. The summed E-state index contributed by atoms with van der Waals surface area (Å²) < 4.78 is 6.09. The van der Waals surface area contributed by atoms with Crippen molar-refractivity contribution in [2.75, 3.05) is 5.32 Å². The van der Waals surface area contributed by atoms with Crippen LogP contribution in [0.3, 0.4) is 0 Å². The summed E-state index contributed by atoms with van der Waals surface area (Å²) in [5, 5.41) is 7.99. The molecule has 1 atom stereocenters. The molecule has 9 aromatic rings. The maximum Gasteiger partial charge on any atom is 0.154 e. The number of para-hydroxylation sites is 1. The standard InChI is InChI=1S/C42H26N4O/c1-2-6-25(7-3-1)33-21-18-28-14-15-29-19-22-34(44-39(29)38(28)43-33)26-10-12-27(13-11-26)35-23-20-30-16-17-31-24-37-42(46-41(31)40(30)45-35)32-8-4-5-9-36(32)47-37/h1-24,34,44H. The lowest BCUT2D eigenvalue weighted by molar-refractivity contribution is 0.669. The van der Waals surface area contributed by atoms with E-state index in [1.165, 1.54) is 5.56 Å². The topological polar surface area (TPSA) is 63.8 Å². The fourth-order valence-electron chi connectivity index (χ4n) is 6.82. The van der Waals surface area contributed by atoms with E-state index in [1.54, 1.807) is 0 Å². The summed E-state index contributed by atoms with van der Waals surface area (Å²) in [6, 6.07) is 46.1. The van der Waals surface area contributed by atoms with Crippen molar-refractivity contribution in [2.24, 2.45) is 0 Å². The third kappa shape index (κ3) is 4.21. The molecular formula is C42H26N4O. The van der Waals surface area contributed by atoms with E-state index in [-0.39, 0.29) is 6.04 Å². The first kappa shape index (κ1) is 25.9. The summed E-state index contributed by atoms with van der Waals surface area (Å²) in [5.74, 6) is 0. The third-order valence-corrected chi connectivity index (χ3v) is 9.27. The van der Waals surface area contributed by atoms with Crippen molar-refractivity contribution in [3.63, 3.8) is 0 Å². The van der Waals surface area contributed by atoms with Gasteiger partial charge in [0.05, 0.1) is 39.7 Å². The minimum absolute atomic E-state index is 0.0224. The first-order chi connectivity index (χ1) is 23.2. The molecule has 0 radical (unpaired) electrons. The summed E-state index contributed by atoms with van der Waals surface area (Å²) in [5.41, 5.74) is 12.7. The SMILES string of the molecule is C1=CC(c2ccc(-c3ccc4ccc5cc6oc7ccccc7c6nc5c4n3)cc2)Nc2c1ccc1ccc(-c3ccccc3)nc21. The molecule has 47 heavy (non-hydrogen) atoms. The summed E-state index contributed by atoms with van der Waals surface area (Å²) in [6.45, 7) is 0. The fourth-order valence-corrected chi connectivity index (χ4v) is 6.82. The van der Waals surface area contributed by atoms with E-state index >= 15 is 0 Å². The maximum absolute atomic E-state index is 6.09. The number of rotatable bonds is 3. The van der Waals surface area contributed by atoms with E-state index in [0.29, 0.717) is 0 Å². The Balaban J connectivity index is 1.00. The lowest BCUT2D eigenvalue weighted by Gasteiger charge is -2.24. The van der Waals surface area contributed by atoms with Crippen molar-refractivity contribution in [2.45, 2.75) is 6.04 Å². The van der Waals surface area contributed by atoms with Gasteiger partial charge in [-0.1, -0.05) is 115 Å². The van der Waals surface area contributed by atoms with Gasteiger partial charge in [-0.05, 0) is 41.5 Å². The average Bonchev–Trinajstić information content (AvgIpc) is 3.51. The highest BCUT2D eigenvalue weighted by molar-refractivity contribution is 6.11. The Hall–Kier alpha value is -6.33. The Morgan fingerprint density at radius 1 is 0.511 bits per heavy atom. The summed E-state index contributed by atoms with van der Waals surface area (Å²) >= 11 is 0. The number of fused-ring (bicyclic) bond motifs is 9. The normalized spacial score (nSPS) is 14.3. The van der Waals surface area contributed by atoms with Gasteiger partial charge in [-0.25, -0.2) is 15.0 Å². The highest BCUT2D eigenvalue weighted by atomic mass is 16.3. The van der Waals surface area contributed by atoms with Crippen LogP contribution in [0, 0.1) is 0 Å². The number of aromatic nitrogens is 3. The number of nitrogens with zero attached hydrogens (tertiary/aromatic N) is 3. The van der Waals surface area contributed by atoms with Gasteiger partial charge in [-0.3, -0.25) is 0 Å². The zero-order valence-electron chi connectivity index (χ0n) is 25.2. The molecule has 0 saturated carbocycles. The molecule has 5 nitrogen and oxygen atoms in total. The van der Waals surface area contributed by atoms with E-state index < -0.39 is 0 Å². The number of pyridine rings is 3. The zero-order chi connectivity index (χ0) is 30.9. The van der Waals surface area contributed by atoms with Gasteiger partial charge < -0.3 is 9.73 Å².